The predicted octanol–water partition coefficient (Wildman–Crippen LogP) is 5.51. The summed E-state index contributed by atoms with van der Waals surface area (Å²) in [6.45, 7) is 0.487. The third-order valence-electron chi connectivity index (χ3n) is 4.84. The second kappa shape index (κ2) is 8.29. The van der Waals surface area contributed by atoms with Crippen molar-refractivity contribution >= 4 is 44.7 Å². The first-order valence-corrected chi connectivity index (χ1v) is 10.8. The quantitative estimate of drug-likeness (QED) is 0.387. The van der Waals surface area contributed by atoms with E-state index >= 15 is 0 Å². The standard InChI is InChI=1S/C23H16ClN5OS/c24-21-18(12-26-29(21)13-15-6-2-1-3-7-15)22(30)28-23-27-19(14-31-23)20-17-9-5-4-8-16(17)10-11-25-20/h1-12,14H,13H2,(H,27,28,30). The molecule has 6 nitrogen and oxygen atoms in total. The zero-order valence-electron chi connectivity index (χ0n) is 16.2. The Morgan fingerprint density at radius 2 is 1.87 bits per heavy atom. The highest BCUT2D eigenvalue weighted by atomic mass is 35.5. The fourth-order valence-corrected chi connectivity index (χ4v) is 4.25. The van der Waals surface area contributed by atoms with Crippen LogP contribution in [0, 0.1) is 0 Å². The number of hydrogen-bond donors (Lipinski definition) is 1. The Kier molecular flexibility index (Phi) is 5.19. The molecule has 0 unspecified atom stereocenters. The van der Waals surface area contributed by atoms with Crippen LogP contribution in [0.3, 0.4) is 0 Å². The van der Waals surface area contributed by atoms with Crippen LogP contribution in [0.15, 0.2) is 78.4 Å². The molecule has 3 aromatic heterocycles. The van der Waals surface area contributed by atoms with E-state index in [2.05, 4.69) is 20.4 Å². The Hall–Kier alpha value is -3.55. The van der Waals surface area contributed by atoms with Crippen LogP contribution in [-0.2, 0) is 6.54 Å². The SMILES string of the molecule is O=C(Nc1nc(-c2nccc3ccccc23)cs1)c1cnn(Cc2ccccc2)c1Cl. The second-order valence-corrected chi connectivity index (χ2v) is 8.08. The smallest absolute Gasteiger partial charge is 0.262 e. The molecule has 0 saturated carbocycles. The van der Waals surface area contributed by atoms with Crippen LogP contribution >= 0.6 is 22.9 Å². The summed E-state index contributed by atoms with van der Waals surface area (Å²) < 4.78 is 1.60. The minimum Gasteiger partial charge on any atom is -0.298 e. The molecule has 1 amide bonds. The maximum Gasteiger partial charge on any atom is 0.262 e. The van der Waals surface area contributed by atoms with Gasteiger partial charge in [-0.15, -0.1) is 11.3 Å². The number of nitrogens with one attached hydrogen (secondary N) is 1. The summed E-state index contributed by atoms with van der Waals surface area (Å²) in [7, 11) is 0. The summed E-state index contributed by atoms with van der Waals surface area (Å²) in [5.41, 5.74) is 2.84. The van der Waals surface area contributed by atoms with Crippen LogP contribution in [0.2, 0.25) is 5.15 Å². The van der Waals surface area contributed by atoms with Gasteiger partial charge < -0.3 is 0 Å². The van der Waals surface area contributed by atoms with Gasteiger partial charge in [-0.25, -0.2) is 9.67 Å². The highest BCUT2D eigenvalue weighted by molar-refractivity contribution is 7.14. The van der Waals surface area contributed by atoms with Crippen molar-refractivity contribution in [3.8, 4) is 11.4 Å². The van der Waals surface area contributed by atoms with Gasteiger partial charge in [0.2, 0.25) is 0 Å². The van der Waals surface area contributed by atoms with Gasteiger partial charge in [-0.05, 0) is 17.0 Å². The van der Waals surface area contributed by atoms with Gasteiger partial charge >= 0.3 is 0 Å². The zero-order valence-corrected chi connectivity index (χ0v) is 17.8. The van der Waals surface area contributed by atoms with Gasteiger partial charge in [-0.1, -0.05) is 66.2 Å². The summed E-state index contributed by atoms with van der Waals surface area (Å²) in [4.78, 5) is 21.8. The van der Waals surface area contributed by atoms with Crippen LogP contribution in [-0.4, -0.2) is 25.7 Å². The average molecular weight is 446 g/mol. The molecule has 0 aliphatic heterocycles. The number of carbonyl (C=O) groups is 1. The van der Waals surface area contributed by atoms with E-state index in [-0.39, 0.29) is 11.1 Å². The van der Waals surface area contributed by atoms with Crippen molar-refractivity contribution in [1.29, 1.82) is 0 Å². The number of nitrogens with zero attached hydrogens (tertiary/aromatic N) is 4. The number of pyridine rings is 1. The highest BCUT2D eigenvalue weighted by Gasteiger charge is 2.18. The lowest BCUT2D eigenvalue weighted by Gasteiger charge is -2.04. The predicted molar refractivity (Wildman–Crippen MR) is 124 cm³/mol. The molecule has 5 aromatic rings. The molecule has 31 heavy (non-hydrogen) atoms. The molecule has 8 heteroatoms. The fourth-order valence-electron chi connectivity index (χ4n) is 3.32. The van der Waals surface area contributed by atoms with Gasteiger partial charge in [-0.2, -0.15) is 5.10 Å². The van der Waals surface area contributed by atoms with E-state index in [9.17, 15) is 4.79 Å². The van der Waals surface area contributed by atoms with Gasteiger partial charge in [0, 0.05) is 17.0 Å². The fraction of sp³-hybridized carbons (Fsp3) is 0.0435. The zero-order chi connectivity index (χ0) is 21.2. The molecule has 2 aromatic carbocycles. The third-order valence-corrected chi connectivity index (χ3v) is 5.99. The number of benzene rings is 2. The Morgan fingerprint density at radius 1 is 1.06 bits per heavy atom. The van der Waals surface area contributed by atoms with Gasteiger partial charge in [0.15, 0.2) is 5.13 Å². The molecular weight excluding hydrogens is 430 g/mol. The van der Waals surface area contributed by atoms with Crippen molar-refractivity contribution in [2.24, 2.45) is 0 Å². The number of anilines is 1. The number of halogens is 1. The molecular formula is C23H16ClN5OS. The number of fused-ring (bicyclic) bond motifs is 1. The first-order valence-electron chi connectivity index (χ1n) is 9.55. The van der Waals surface area contributed by atoms with Crippen molar-refractivity contribution in [2.45, 2.75) is 6.54 Å². The maximum absolute atomic E-state index is 12.8. The van der Waals surface area contributed by atoms with Gasteiger partial charge in [0.05, 0.1) is 24.0 Å². The summed E-state index contributed by atoms with van der Waals surface area (Å²) in [5, 5.41) is 11.8. The van der Waals surface area contributed by atoms with Crippen molar-refractivity contribution in [3.63, 3.8) is 0 Å². The first kappa shape index (κ1) is 19.4. The van der Waals surface area contributed by atoms with Crippen LogP contribution in [0.4, 0.5) is 5.13 Å². The molecule has 0 radical (unpaired) electrons. The topological polar surface area (TPSA) is 72.7 Å². The molecule has 0 atom stereocenters. The van der Waals surface area contributed by atoms with Crippen LogP contribution < -0.4 is 5.32 Å². The van der Waals surface area contributed by atoms with Crippen molar-refractivity contribution < 1.29 is 4.79 Å². The molecule has 0 spiro atoms. The third kappa shape index (κ3) is 3.93. The highest BCUT2D eigenvalue weighted by Crippen LogP contribution is 2.29. The summed E-state index contributed by atoms with van der Waals surface area (Å²) in [5.74, 6) is -0.351. The molecule has 5 rings (SSSR count). The molecule has 0 bridgehead atoms. The first-order chi connectivity index (χ1) is 15.2. The Morgan fingerprint density at radius 3 is 2.74 bits per heavy atom. The van der Waals surface area contributed by atoms with E-state index in [1.165, 1.54) is 17.5 Å². The normalized spacial score (nSPS) is 11.0. The van der Waals surface area contributed by atoms with Crippen LogP contribution in [0.1, 0.15) is 15.9 Å². The summed E-state index contributed by atoms with van der Waals surface area (Å²) in [6, 6.07) is 19.8. The summed E-state index contributed by atoms with van der Waals surface area (Å²) >= 11 is 7.75. The van der Waals surface area contributed by atoms with E-state index in [0.29, 0.717) is 22.9 Å². The number of amides is 1. The number of hydrogen-bond acceptors (Lipinski definition) is 5. The minimum absolute atomic E-state index is 0.286. The Bertz CT molecular complexity index is 1370. The molecule has 0 aliphatic rings. The van der Waals surface area contributed by atoms with Crippen LogP contribution in [0.5, 0.6) is 0 Å². The lowest BCUT2D eigenvalue weighted by Crippen LogP contribution is -2.12. The van der Waals surface area contributed by atoms with Crippen molar-refractivity contribution in [1.82, 2.24) is 19.7 Å². The van der Waals surface area contributed by atoms with E-state index < -0.39 is 0 Å². The number of thiazole rings is 1. The van der Waals surface area contributed by atoms with Crippen LogP contribution in [0.25, 0.3) is 22.2 Å². The second-order valence-electron chi connectivity index (χ2n) is 6.87. The largest absolute Gasteiger partial charge is 0.298 e. The van der Waals surface area contributed by atoms with Gasteiger partial charge in [0.25, 0.3) is 5.91 Å². The Labute approximate surface area is 187 Å². The number of carbonyl (C=O) groups excluding carboxylic acids is 1. The van der Waals surface area contributed by atoms with Crippen molar-refractivity contribution in [3.05, 3.63) is 94.7 Å². The molecule has 3 heterocycles. The van der Waals surface area contributed by atoms with E-state index in [1.807, 2.05) is 66.0 Å². The molecule has 0 fully saturated rings. The lowest BCUT2D eigenvalue weighted by atomic mass is 10.1. The Balaban J connectivity index is 1.36. The maximum atomic E-state index is 12.8. The molecule has 0 aliphatic carbocycles. The van der Waals surface area contributed by atoms with E-state index in [4.69, 9.17) is 11.6 Å². The van der Waals surface area contributed by atoms with Gasteiger partial charge in [0.1, 0.15) is 10.8 Å². The van der Waals surface area contributed by atoms with Gasteiger partial charge in [-0.3, -0.25) is 15.1 Å². The lowest BCUT2D eigenvalue weighted by molar-refractivity contribution is 0.102. The monoisotopic (exact) mass is 445 g/mol. The molecule has 152 valence electrons. The van der Waals surface area contributed by atoms with E-state index in [1.54, 1.807) is 10.9 Å². The molecule has 0 saturated heterocycles. The van der Waals surface area contributed by atoms with E-state index in [0.717, 1.165) is 22.0 Å². The summed E-state index contributed by atoms with van der Waals surface area (Å²) in [6.07, 6.45) is 3.23. The molecule has 1 N–H and O–H groups in total. The number of rotatable bonds is 5. The number of aromatic nitrogens is 4. The average Bonchev–Trinajstić information content (AvgIpc) is 3.41. The minimum atomic E-state index is -0.351. The van der Waals surface area contributed by atoms with Crippen molar-refractivity contribution in [2.75, 3.05) is 5.32 Å².